The molecule has 0 aromatic rings. The molecule has 0 bridgehead atoms. The Morgan fingerprint density at radius 3 is 1.09 bits per heavy atom. The van der Waals surface area contributed by atoms with Crippen molar-refractivity contribution in [3.8, 4) is 0 Å². The highest BCUT2D eigenvalue weighted by Gasteiger charge is 2.24. The Hall–Kier alpha value is -0.0800. The van der Waals surface area contributed by atoms with Crippen molar-refractivity contribution in [2.45, 2.75) is 111 Å². The van der Waals surface area contributed by atoms with Crippen molar-refractivity contribution >= 4 is 0 Å². The molecule has 0 fully saturated rings. The van der Waals surface area contributed by atoms with Gasteiger partial charge in [0.15, 0.2) is 0 Å². The molecule has 0 atom stereocenters. The van der Waals surface area contributed by atoms with Crippen LogP contribution in [0.15, 0.2) is 0 Å². The van der Waals surface area contributed by atoms with Crippen molar-refractivity contribution < 1.29 is 9.96 Å². The summed E-state index contributed by atoms with van der Waals surface area (Å²) in [6, 6.07) is 0. The number of quaternary nitrogens is 1. The molecule has 0 aromatic carbocycles. The van der Waals surface area contributed by atoms with Gasteiger partial charge in [0, 0.05) is 0 Å². The minimum Gasteiger partial charge on any atom is -0.870 e. The molecular weight excluding hydrogens is 282 g/mol. The zero-order chi connectivity index (χ0) is 16.5. The molecule has 1 N–H and O–H groups in total. The molecule has 0 rings (SSSR count). The molecule has 0 aliphatic carbocycles. The molecule has 0 unspecified atom stereocenters. The molecule has 0 aliphatic heterocycles. The Kier molecular flexibility index (Phi) is 20.0. The molecule has 23 heavy (non-hydrogen) atoms. The van der Waals surface area contributed by atoms with Gasteiger partial charge in [-0.15, -0.1) is 0 Å². The number of nitrogens with zero attached hydrogens (tertiary/aromatic N) is 1. The van der Waals surface area contributed by atoms with Gasteiger partial charge >= 0.3 is 0 Å². The van der Waals surface area contributed by atoms with Crippen LogP contribution in [0.4, 0.5) is 0 Å². The zero-order valence-corrected chi connectivity index (χ0v) is 16.9. The van der Waals surface area contributed by atoms with Gasteiger partial charge in [-0.1, -0.05) is 79.1 Å². The van der Waals surface area contributed by atoms with Crippen molar-refractivity contribution in [2.75, 3.05) is 26.2 Å². The first-order valence-corrected chi connectivity index (χ1v) is 10.6. The van der Waals surface area contributed by atoms with Crippen LogP contribution >= 0.6 is 0 Å². The van der Waals surface area contributed by atoms with Crippen LogP contribution in [-0.4, -0.2) is 36.1 Å². The fourth-order valence-corrected chi connectivity index (χ4v) is 3.56. The molecule has 142 valence electrons. The van der Waals surface area contributed by atoms with E-state index in [0.29, 0.717) is 0 Å². The van der Waals surface area contributed by atoms with Crippen LogP contribution in [0.2, 0.25) is 0 Å². The van der Waals surface area contributed by atoms with E-state index in [-0.39, 0.29) is 5.48 Å². The lowest BCUT2D eigenvalue weighted by Crippen LogP contribution is -2.50. The first-order chi connectivity index (χ1) is 10.7. The summed E-state index contributed by atoms with van der Waals surface area (Å²) in [5.41, 5.74) is 0. The van der Waals surface area contributed by atoms with Crippen molar-refractivity contribution in [1.82, 2.24) is 0 Å². The fourth-order valence-electron chi connectivity index (χ4n) is 3.56. The maximum atomic E-state index is 2.35. The van der Waals surface area contributed by atoms with Crippen molar-refractivity contribution in [3.05, 3.63) is 0 Å². The first kappa shape index (κ1) is 25.2. The highest BCUT2D eigenvalue weighted by Crippen LogP contribution is 2.17. The maximum Gasteiger partial charge on any atom is 0.0786 e. The third kappa shape index (κ3) is 14.0. The summed E-state index contributed by atoms with van der Waals surface area (Å²) in [6.07, 6.45) is 18.4. The second-order valence-corrected chi connectivity index (χ2v) is 7.42. The minimum absolute atomic E-state index is 0. The third-order valence-corrected chi connectivity index (χ3v) is 5.19. The van der Waals surface area contributed by atoms with Crippen LogP contribution in [0.3, 0.4) is 0 Å². The van der Waals surface area contributed by atoms with Crippen molar-refractivity contribution in [2.24, 2.45) is 0 Å². The topological polar surface area (TPSA) is 30.0 Å². The lowest BCUT2D eigenvalue weighted by Gasteiger charge is -2.39. The van der Waals surface area contributed by atoms with Gasteiger partial charge in [0.25, 0.3) is 0 Å². The van der Waals surface area contributed by atoms with E-state index < -0.39 is 0 Å². The van der Waals surface area contributed by atoms with Crippen molar-refractivity contribution in [1.29, 1.82) is 0 Å². The SMILES string of the molecule is CCCCCCCCC[N+](CCCC)(CCCC)CCCC.[OH-]. The molecule has 0 aromatic heterocycles. The standard InChI is InChI=1S/C21H46N.H2O/c1-5-9-13-14-15-16-17-21-22(18-10-6-2,19-11-7-3)20-12-8-4;/h5-21H2,1-4H3;1H2/q+1;/p-1. The average Bonchev–Trinajstić information content (AvgIpc) is 2.55. The van der Waals surface area contributed by atoms with Gasteiger partial charge in [0.1, 0.15) is 0 Å². The van der Waals surface area contributed by atoms with Gasteiger partial charge in [-0.05, 0) is 32.1 Å². The minimum atomic E-state index is 0. The van der Waals surface area contributed by atoms with E-state index in [1.807, 2.05) is 0 Å². The van der Waals surface area contributed by atoms with Crippen LogP contribution in [0, 0.1) is 0 Å². The Morgan fingerprint density at radius 1 is 0.391 bits per heavy atom. The van der Waals surface area contributed by atoms with E-state index in [1.165, 1.54) is 114 Å². The van der Waals surface area contributed by atoms with Gasteiger partial charge in [-0.3, -0.25) is 0 Å². The normalized spacial score (nSPS) is 11.5. The van der Waals surface area contributed by atoms with Gasteiger partial charge in [0.2, 0.25) is 0 Å². The summed E-state index contributed by atoms with van der Waals surface area (Å²) in [5.74, 6) is 0. The largest absolute Gasteiger partial charge is 0.870 e. The van der Waals surface area contributed by atoms with E-state index in [2.05, 4.69) is 27.7 Å². The Labute approximate surface area is 147 Å². The monoisotopic (exact) mass is 329 g/mol. The highest BCUT2D eigenvalue weighted by molar-refractivity contribution is 4.51. The van der Waals surface area contributed by atoms with E-state index in [4.69, 9.17) is 0 Å². The van der Waals surface area contributed by atoms with Crippen molar-refractivity contribution in [3.63, 3.8) is 0 Å². The smallest absolute Gasteiger partial charge is 0.0786 e. The van der Waals surface area contributed by atoms with E-state index in [0.717, 1.165) is 0 Å². The van der Waals surface area contributed by atoms with Crippen LogP contribution in [0.1, 0.15) is 111 Å². The number of rotatable bonds is 17. The predicted octanol–water partition coefficient (Wildman–Crippen LogP) is 6.78. The van der Waals surface area contributed by atoms with Crippen LogP contribution in [0.25, 0.3) is 0 Å². The van der Waals surface area contributed by atoms with E-state index in [1.54, 1.807) is 0 Å². The van der Waals surface area contributed by atoms with Gasteiger partial charge in [-0.2, -0.15) is 0 Å². The molecule has 2 heteroatoms. The molecular formula is C21H47NO. The van der Waals surface area contributed by atoms with Gasteiger partial charge in [0.05, 0.1) is 26.2 Å². The molecule has 0 radical (unpaired) electrons. The molecule has 2 nitrogen and oxygen atoms in total. The van der Waals surface area contributed by atoms with Crippen LogP contribution < -0.4 is 0 Å². The molecule has 0 spiro atoms. The summed E-state index contributed by atoms with van der Waals surface area (Å²) in [6.45, 7) is 15.1. The first-order valence-electron chi connectivity index (χ1n) is 10.6. The van der Waals surface area contributed by atoms with Gasteiger partial charge in [-0.25, -0.2) is 0 Å². The van der Waals surface area contributed by atoms with Crippen LogP contribution in [-0.2, 0) is 0 Å². The maximum absolute atomic E-state index is 2.35. The van der Waals surface area contributed by atoms with E-state index >= 15 is 0 Å². The Balaban J connectivity index is 0. The second-order valence-electron chi connectivity index (χ2n) is 7.42. The molecule has 0 saturated heterocycles. The highest BCUT2D eigenvalue weighted by atomic mass is 16.0. The number of hydrogen-bond donors (Lipinski definition) is 0. The summed E-state index contributed by atoms with van der Waals surface area (Å²) < 4.78 is 1.44. The Morgan fingerprint density at radius 2 is 0.696 bits per heavy atom. The summed E-state index contributed by atoms with van der Waals surface area (Å²) in [5, 5.41) is 0. The molecule has 0 amide bonds. The Bertz CT molecular complexity index is 196. The quantitative estimate of drug-likeness (QED) is 0.214. The summed E-state index contributed by atoms with van der Waals surface area (Å²) in [7, 11) is 0. The fraction of sp³-hybridized carbons (Fsp3) is 1.00. The zero-order valence-electron chi connectivity index (χ0n) is 16.9. The average molecular weight is 330 g/mol. The summed E-state index contributed by atoms with van der Waals surface area (Å²) in [4.78, 5) is 0. The molecule has 0 heterocycles. The number of hydrogen-bond acceptors (Lipinski definition) is 1. The lowest BCUT2D eigenvalue weighted by atomic mass is 10.1. The van der Waals surface area contributed by atoms with Crippen LogP contribution in [0.5, 0.6) is 0 Å². The lowest BCUT2D eigenvalue weighted by molar-refractivity contribution is -0.929. The molecule has 0 aliphatic rings. The predicted molar refractivity (Wildman–Crippen MR) is 104 cm³/mol. The second kappa shape index (κ2) is 18.3. The van der Waals surface area contributed by atoms with Gasteiger partial charge < -0.3 is 9.96 Å². The number of unbranched alkanes of at least 4 members (excludes halogenated alkanes) is 9. The van der Waals surface area contributed by atoms with E-state index in [9.17, 15) is 0 Å². The third-order valence-electron chi connectivity index (χ3n) is 5.19. The summed E-state index contributed by atoms with van der Waals surface area (Å²) >= 11 is 0. The molecule has 0 saturated carbocycles.